The van der Waals surface area contributed by atoms with Gasteiger partial charge in [-0.25, -0.2) is 0 Å². The number of carbonyl (C=O) groups excluding carboxylic acids is 1. The van der Waals surface area contributed by atoms with Crippen molar-refractivity contribution in [1.82, 2.24) is 0 Å². The number of nitrogens with two attached hydrogens (primary N) is 1. The first-order chi connectivity index (χ1) is 11.1. The van der Waals surface area contributed by atoms with Crippen molar-refractivity contribution >= 4 is 24.0 Å². The number of benzene rings is 2. The average Bonchev–Trinajstić information content (AvgIpc) is 2.60. The molecule has 2 rings (SSSR count). The van der Waals surface area contributed by atoms with Crippen molar-refractivity contribution in [2.24, 2.45) is 5.73 Å². The summed E-state index contributed by atoms with van der Waals surface area (Å²) in [6.07, 6.45) is -0.00295. The van der Waals surface area contributed by atoms with E-state index in [1.165, 1.54) is 0 Å². The van der Waals surface area contributed by atoms with Crippen LogP contribution in [0.3, 0.4) is 0 Å². The van der Waals surface area contributed by atoms with Crippen LogP contribution >= 0.6 is 12.4 Å². The first-order valence-corrected chi connectivity index (χ1v) is 7.46. The van der Waals surface area contributed by atoms with E-state index in [0.29, 0.717) is 6.54 Å². The third-order valence-electron chi connectivity index (χ3n) is 3.58. The number of carbonyl (C=O) groups is 1. The molecule has 6 heteroatoms. The van der Waals surface area contributed by atoms with Gasteiger partial charge in [-0.2, -0.15) is 0 Å². The molecule has 2 N–H and O–H groups in total. The lowest BCUT2D eigenvalue weighted by atomic mass is 10.2. The summed E-state index contributed by atoms with van der Waals surface area (Å²) in [5, 5.41) is 0. The molecule has 0 aromatic heterocycles. The Balaban J connectivity index is 0.00000288. The van der Waals surface area contributed by atoms with Gasteiger partial charge >= 0.3 is 0 Å². The molecule has 0 heterocycles. The molecule has 130 valence electrons. The lowest BCUT2D eigenvalue weighted by Crippen LogP contribution is -2.33. The number of hydrogen-bond acceptors (Lipinski definition) is 4. The van der Waals surface area contributed by atoms with Crippen LogP contribution < -0.4 is 15.4 Å². The minimum absolute atomic E-state index is 0. The van der Waals surface area contributed by atoms with Crippen LogP contribution in [0.15, 0.2) is 54.6 Å². The summed E-state index contributed by atoms with van der Waals surface area (Å²) in [6.45, 7) is 0.319. The molecule has 1 atom stereocenters. The third-order valence-corrected chi connectivity index (χ3v) is 3.58. The van der Waals surface area contributed by atoms with Gasteiger partial charge in [-0.05, 0) is 36.4 Å². The summed E-state index contributed by atoms with van der Waals surface area (Å²) in [5.74, 6) is 1.45. The van der Waals surface area contributed by atoms with Crippen LogP contribution in [0.25, 0.3) is 0 Å². The van der Waals surface area contributed by atoms with E-state index in [9.17, 15) is 4.79 Å². The number of anilines is 1. The average molecular weight is 351 g/mol. The van der Waals surface area contributed by atoms with Gasteiger partial charge in [-0.3, -0.25) is 4.79 Å². The Bertz CT molecular complexity index is 616. The van der Waals surface area contributed by atoms with Crippen molar-refractivity contribution in [2.75, 3.05) is 25.6 Å². The van der Waals surface area contributed by atoms with Crippen LogP contribution in [0.5, 0.6) is 11.5 Å². The summed E-state index contributed by atoms with van der Waals surface area (Å²) in [7, 11) is 3.29. The standard InChI is InChI=1S/C18H22N2O3.ClH/c1-20(18(21)12-17(13-19)22-2)14-8-10-16(11-9-14)23-15-6-4-3-5-7-15;/h3-11,17H,12-13,19H2,1-2H3;1H. The number of para-hydroxylation sites is 1. The summed E-state index contributed by atoms with van der Waals surface area (Å²) in [6, 6.07) is 16.9. The van der Waals surface area contributed by atoms with Gasteiger partial charge < -0.3 is 20.1 Å². The molecule has 0 radical (unpaired) electrons. The van der Waals surface area contributed by atoms with Crippen LogP contribution in [0.2, 0.25) is 0 Å². The summed E-state index contributed by atoms with van der Waals surface area (Å²) in [5.41, 5.74) is 6.35. The Morgan fingerprint density at radius 2 is 1.67 bits per heavy atom. The lowest BCUT2D eigenvalue weighted by molar-refractivity contribution is -0.120. The monoisotopic (exact) mass is 350 g/mol. The molecular formula is C18H23ClN2O3. The number of halogens is 1. The highest BCUT2D eigenvalue weighted by Gasteiger charge is 2.16. The molecular weight excluding hydrogens is 328 g/mol. The topological polar surface area (TPSA) is 64.8 Å². The van der Waals surface area contributed by atoms with Crippen LogP contribution in [-0.4, -0.2) is 32.7 Å². The molecule has 24 heavy (non-hydrogen) atoms. The molecule has 0 aliphatic rings. The Morgan fingerprint density at radius 3 is 2.21 bits per heavy atom. The number of nitrogens with zero attached hydrogens (tertiary/aromatic N) is 1. The number of amides is 1. The van der Waals surface area contributed by atoms with E-state index in [1.807, 2.05) is 54.6 Å². The second-order valence-electron chi connectivity index (χ2n) is 5.16. The van der Waals surface area contributed by atoms with Gasteiger partial charge in [0.2, 0.25) is 5.91 Å². The SMILES string of the molecule is COC(CN)CC(=O)N(C)c1ccc(Oc2ccccc2)cc1.Cl. The first kappa shape index (κ1) is 20.0. The van der Waals surface area contributed by atoms with Gasteiger partial charge in [0.1, 0.15) is 11.5 Å². The molecule has 0 aliphatic carbocycles. The largest absolute Gasteiger partial charge is 0.457 e. The normalized spacial score (nSPS) is 11.3. The highest BCUT2D eigenvalue weighted by Crippen LogP contribution is 2.24. The fraction of sp³-hybridized carbons (Fsp3) is 0.278. The number of methoxy groups -OCH3 is 1. The maximum atomic E-state index is 12.2. The van der Waals surface area contributed by atoms with Gasteiger partial charge in [0.25, 0.3) is 0 Å². The molecule has 5 nitrogen and oxygen atoms in total. The van der Waals surface area contributed by atoms with E-state index in [1.54, 1.807) is 19.1 Å². The summed E-state index contributed by atoms with van der Waals surface area (Å²) in [4.78, 5) is 13.8. The molecule has 1 amide bonds. The third kappa shape index (κ3) is 5.53. The Labute approximate surface area is 148 Å². The summed E-state index contributed by atoms with van der Waals surface area (Å²) >= 11 is 0. The van der Waals surface area contributed by atoms with Crippen molar-refractivity contribution in [3.8, 4) is 11.5 Å². The molecule has 0 bridgehead atoms. The van der Waals surface area contributed by atoms with E-state index in [4.69, 9.17) is 15.2 Å². The van der Waals surface area contributed by atoms with Gasteiger partial charge in [0, 0.05) is 26.4 Å². The minimum atomic E-state index is -0.259. The predicted octanol–water partition coefficient (Wildman–Crippen LogP) is 3.23. The Hall–Kier alpha value is -2.08. The van der Waals surface area contributed by atoms with E-state index >= 15 is 0 Å². The van der Waals surface area contributed by atoms with Crippen molar-refractivity contribution < 1.29 is 14.3 Å². The van der Waals surface area contributed by atoms with Crippen molar-refractivity contribution in [3.05, 3.63) is 54.6 Å². The van der Waals surface area contributed by atoms with E-state index in [2.05, 4.69) is 0 Å². The molecule has 0 fully saturated rings. The number of rotatable bonds is 7. The second kappa shape index (κ2) is 9.93. The first-order valence-electron chi connectivity index (χ1n) is 7.46. The zero-order valence-corrected chi connectivity index (χ0v) is 14.7. The van der Waals surface area contributed by atoms with Gasteiger partial charge in [0.15, 0.2) is 0 Å². The number of hydrogen-bond donors (Lipinski definition) is 1. The Kier molecular flexibility index (Phi) is 8.26. The molecule has 0 spiro atoms. The zero-order chi connectivity index (χ0) is 16.7. The zero-order valence-electron chi connectivity index (χ0n) is 13.8. The smallest absolute Gasteiger partial charge is 0.229 e. The van der Waals surface area contributed by atoms with E-state index in [0.717, 1.165) is 17.2 Å². The van der Waals surface area contributed by atoms with Gasteiger partial charge in [-0.15, -0.1) is 12.4 Å². The Morgan fingerprint density at radius 1 is 1.08 bits per heavy atom. The molecule has 2 aromatic rings. The highest BCUT2D eigenvalue weighted by atomic mass is 35.5. The predicted molar refractivity (Wildman–Crippen MR) is 98.1 cm³/mol. The molecule has 0 saturated carbocycles. The van der Waals surface area contributed by atoms with Crippen molar-refractivity contribution in [3.63, 3.8) is 0 Å². The van der Waals surface area contributed by atoms with Crippen LogP contribution in [0.4, 0.5) is 5.69 Å². The van der Waals surface area contributed by atoms with Crippen LogP contribution in [-0.2, 0) is 9.53 Å². The van der Waals surface area contributed by atoms with E-state index < -0.39 is 0 Å². The highest BCUT2D eigenvalue weighted by molar-refractivity contribution is 5.93. The molecule has 0 saturated heterocycles. The fourth-order valence-corrected chi connectivity index (χ4v) is 2.10. The van der Waals surface area contributed by atoms with Crippen LogP contribution in [0.1, 0.15) is 6.42 Å². The maximum Gasteiger partial charge on any atom is 0.229 e. The van der Waals surface area contributed by atoms with Crippen molar-refractivity contribution in [2.45, 2.75) is 12.5 Å². The van der Waals surface area contributed by atoms with Crippen molar-refractivity contribution in [1.29, 1.82) is 0 Å². The molecule has 0 aliphatic heterocycles. The maximum absolute atomic E-state index is 12.2. The number of ether oxygens (including phenoxy) is 2. The van der Waals surface area contributed by atoms with Gasteiger partial charge in [0.05, 0.1) is 12.5 Å². The fourth-order valence-electron chi connectivity index (χ4n) is 2.10. The molecule has 1 unspecified atom stereocenters. The molecule has 2 aromatic carbocycles. The van der Waals surface area contributed by atoms with Gasteiger partial charge in [-0.1, -0.05) is 18.2 Å². The quantitative estimate of drug-likeness (QED) is 0.832. The minimum Gasteiger partial charge on any atom is -0.457 e. The van der Waals surface area contributed by atoms with E-state index in [-0.39, 0.29) is 30.8 Å². The lowest BCUT2D eigenvalue weighted by Gasteiger charge is -2.20. The summed E-state index contributed by atoms with van der Waals surface area (Å²) < 4.78 is 10.9. The second-order valence-corrected chi connectivity index (χ2v) is 5.16. The van der Waals surface area contributed by atoms with Crippen LogP contribution in [0, 0.1) is 0 Å².